The topological polar surface area (TPSA) is 142 Å². The van der Waals surface area contributed by atoms with Crippen molar-refractivity contribution in [3.05, 3.63) is 52.4 Å². The summed E-state index contributed by atoms with van der Waals surface area (Å²) in [5.41, 5.74) is 11.1. The number of phenols is 1. The minimum atomic E-state index is -1.08. The summed E-state index contributed by atoms with van der Waals surface area (Å²) in [6.07, 6.45) is 0. The Morgan fingerprint density at radius 3 is 1.94 bits per heavy atom. The van der Waals surface area contributed by atoms with E-state index in [1.54, 1.807) is 13.8 Å². The fourth-order valence-corrected chi connectivity index (χ4v) is 2.60. The average molecular weight is 493 g/mol. The van der Waals surface area contributed by atoms with Gasteiger partial charge in [-0.1, -0.05) is 24.3 Å². The van der Waals surface area contributed by atoms with Gasteiger partial charge >= 0.3 is 23.1 Å². The van der Waals surface area contributed by atoms with Crippen LogP contribution >= 0.6 is 11.6 Å². The summed E-state index contributed by atoms with van der Waals surface area (Å²) in [5, 5.41) is 8.19. The number of benzene rings is 2. The zero-order chi connectivity index (χ0) is 26.0. The van der Waals surface area contributed by atoms with Crippen molar-refractivity contribution in [1.82, 2.24) is 4.98 Å². The Hall–Kier alpha value is -3.59. The molecule has 3 aromatic rings. The highest BCUT2D eigenvalue weighted by Gasteiger charge is 2.17. The highest BCUT2D eigenvalue weighted by atomic mass is 35.5. The minimum absolute atomic E-state index is 0.0225. The predicted molar refractivity (Wildman–Crippen MR) is 129 cm³/mol. The lowest BCUT2D eigenvalue weighted by atomic mass is 10.1. The van der Waals surface area contributed by atoms with E-state index in [1.807, 2.05) is 52.0 Å². The number of aromatic hydroxyl groups is 1. The predicted octanol–water partition coefficient (Wildman–Crippen LogP) is 4.53. The summed E-state index contributed by atoms with van der Waals surface area (Å²) >= 11 is 4.69. The first-order valence-corrected chi connectivity index (χ1v) is 10.8. The molecular formula is C24H29ClN2O7. The maximum absolute atomic E-state index is 11.5. The Balaban J connectivity index is 0.000000277. The number of ether oxygens (including phenoxy) is 2. The first-order chi connectivity index (χ1) is 15.9. The molecule has 0 atom stereocenters. The molecule has 0 amide bonds. The van der Waals surface area contributed by atoms with Gasteiger partial charge in [0.05, 0.1) is 18.9 Å². The van der Waals surface area contributed by atoms with Crippen molar-refractivity contribution in [1.29, 1.82) is 0 Å². The van der Waals surface area contributed by atoms with Crippen LogP contribution in [-0.2, 0) is 19.1 Å². The molecule has 0 saturated carbocycles. The van der Waals surface area contributed by atoms with E-state index >= 15 is 0 Å². The summed E-state index contributed by atoms with van der Waals surface area (Å²) in [5.74, 6) is -1.28. The van der Waals surface area contributed by atoms with Crippen LogP contribution in [0.4, 0.5) is 5.69 Å². The maximum atomic E-state index is 11.5. The van der Waals surface area contributed by atoms with Crippen molar-refractivity contribution >= 4 is 45.6 Å². The van der Waals surface area contributed by atoms with Crippen LogP contribution in [0.1, 0.15) is 46.8 Å². The smallest absolute Gasteiger partial charge is 0.394 e. The molecule has 9 nitrogen and oxygen atoms in total. The number of nitrogens with zero attached hydrogens (tertiary/aromatic N) is 1. The van der Waals surface area contributed by atoms with Gasteiger partial charge < -0.3 is 24.7 Å². The Kier molecular flexibility index (Phi) is 11.0. The van der Waals surface area contributed by atoms with E-state index in [0.29, 0.717) is 17.9 Å². The van der Waals surface area contributed by atoms with E-state index in [0.717, 1.165) is 27.8 Å². The number of carbonyl (C=O) groups is 3. The summed E-state index contributed by atoms with van der Waals surface area (Å²) in [6.45, 7) is 11.4. The molecule has 184 valence electrons. The van der Waals surface area contributed by atoms with Gasteiger partial charge in [0, 0.05) is 0 Å². The van der Waals surface area contributed by atoms with E-state index in [2.05, 4.69) is 9.72 Å². The number of aryl methyl sites for hydroxylation is 4. The molecule has 3 N–H and O–H groups in total. The summed E-state index contributed by atoms with van der Waals surface area (Å²) in [4.78, 5) is 35.5. The van der Waals surface area contributed by atoms with Crippen LogP contribution in [0.15, 0.2) is 28.7 Å². The van der Waals surface area contributed by atoms with E-state index in [-0.39, 0.29) is 18.2 Å². The molecular weight excluding hydrogens is 464 g/mol. The van der Waals surface area contributed by atoms with Crippen LogP contribution in [0.2, 0.25) is 0 Å². The quantitative estimate of drug-likeness (QED) is 0.176. The SMILES string of the molecule is CCOC(=O)C(=O)Cl.CCOC(=O)c1nc2c(C)ccc(C)c2o1.Cc1ccc(C)c(O)c1N. The Morgan fingerprint density at radius 2 is 1.47 bits per heavy atom. The second-order valence-corrected chi connectivity index (χ2v) is 7.42. The fraction of sp³-hybridized carbons (Fsp3) is 0.333. The zero-order valence-electron chi connectivity index (χ0n) is 20.0. The van der Waals surface area contributed by atoms with Gasteiger partial charge in [-0.2, -0.15) is 0 Å². The number of nitrogens with two attached hydrogens (primary N) is 1. The molecule has 10 heteroatoms. The number of hydrogen-bond acceptors (Lipinski definition) is 9. The number of oxazole rings is 1. The molecule has 1 aromatic heterocycles. The van der Waals surface area contributed by atoms with Gasteiger partial charge in [-0.05, 0) is 75.4 Å². The Bertz CT molecular complexity index is 1110. The lowest BCUT2D eigenvalue weighted by Crippen LogP contribution is -2.10. The van der Waals surface area contributed by atoms with E-state index in [9.17, 15) is 19.5 Å². The van der Waals surface area contributed by atoms with Gasteiger partial charge in [-0.15, -0.1) is 0 Å². The third kappa shape index (κ3) is 7.77. The second-order valence-electron chi connectivity index (χ2n) is 7.07. The molecule has 0 fully saturated rings. The number of nitrogen functional groups attached to an aromatic ring is 1. The maximum Gasteiger partial charge on any atom is 0.394 e. The number of halogens is 1. The molecule has 0 unspecified atom stereocenters. The van der Waals surface area contributed by atoms with Crippen molar-refractivity contribution in [2.75, 3.05) is 18.9 Å². The number of fused-ring (bicyclic) bond motifs is 1. The van der Waals surface area contributed by atoms with Crippen LogP contribution in [-0.4, -0.2) is 40.5 Å². The van der Waals surface area contributed by atoms with Crippen molar-refractivity contribution in [2.24, 2.45) is 0 Å². The first kappa shape index (κ1) is 28.4. The molecule has 2 aromatic carbocycles. The third-order valence-corrected chi connectivity index (χ3v) is 4.62. The molecule has 0 spiro atoms. The van der Waals surface area contributed by atoms with Gasteiger partial charge in [0.1, 0.15) is 11.3 Å². The number of hydrogen-bond donors (Lipinski definition) is 2. The number of esters is 2. The molecule has 0 aliphatic heterocycles. The molecule has 3 rings (SSSR count). The van der Waals surface area contributed by atoms with Crippen LogP contribution in [0.5, 0.6) is 5.75 Å². The van der Waals surface area contributed by atoms with Gasteiger partial charge in [0.25, 0.3) is 0 Å². The third-order valence-electron chi connectivity index (χ3n) is 4.46. The molecule has 34 heavy (non-hydrogen) atoms. The standard InChI is InChI=1S/C12H13NO3.C8H11NO.C4H5ClO3/c1-4-15-12(14)11-13-9-7(2)5-6-8(3)10(9)16-11;1-5-3-4-6(2)8(10)7(5)9;1-2-8-4(7)3(5)6/h5-6H,4H2,1-3H3;3-4,10H,9H2,1-2H3;2H2,1H3. The van der Waals surface area contributed by atoms with Crippen LogP contribution in [0, 0.1) is 27.7 Å². The molecule has 1 heterocycles. The van der Waals surface area contributed by atoms with Crippen molar-refractivity contribution < 1.29 is 33.4 Å². The zero-order valence-corrected chi connectivity index (χ0v) is 20.8. The molecule has 0 radical (unpaired) electrons. The van der Waals surface area contributed by atoms with Gasteiger partial charge in [-0.25, -0.2) is 14.6 Å². The lowest BCUT2D eigenvalue weighted by Gasteiger charge is -2.04. The van der Waals surface area contributed by atoms with Gasteiger partial charge in [0.15, 0.2) is 5.58 Å². The Labute approximate surface area is 202 Å². The van der Waals surface area contributed by atoms with Crippen LogP contribution in [0.3, 0.4) is 0 Å². The largest absolute Gasteiger partial charge is 0.506 e. The van der Waals surface area contributed by atoms with E-state index < -0.39 is 17.2 Å². The average Bonchev–Trinajstić information content (AvgIpc) is 3.26. The van der Waals surface area contributed by atoms with E-state index in [1.165, 1.54) is 0 Å². The summed E-state index contributed by atoms with van der Waals surface area (Å²) in [6, 6.07) is 7.64. The van der Waals surface area contributed by atoms with Gasteiger partial charge in [0.2, 0.25) is 0 Å². The highest BCUT2D eigenvalue weighted by Crippen LogP contribution is 2.26. The molecule has 0 aliphatic rings. The van der Waals surface area contributed by atoms with Crippen molar-refractivity contribution in [3.8, 4) is 5.75 Å². The minimum Gasteiger partial charge on any atom is -0.506 e. The highest BCUT2D eigenvalue weighted by molar-refractivity contribution is 6.80. The lowest BCUT2D eigenvalue weighted by molar-refractivity contribution is -0.149. The summed E-state index contributed by atoms with van der Waals surface area (Å²) < 4.78 is 14.4. The summed E-state index contributed by atoms with van der Waals surface area (Å²) in [7, 11) is 0. The number of anilines is 1. The molecule has 0 bridgehead atoms. The monoisotopic (exact) mass is 492 g/mol. The number of aromatic nitrogens is 1. The number of carbonyl (C=O) groups excluding carboxylic acids is 3. The normalized spacial score (nSPS) is 9.85. The van der Waals surface area contributed by atoms with Crippen molar-refractivity contribution in [2.45, 2.75) is 41.5 Å². The number of phenolic OH excluding ortho intramolecular Hbond substituents is 1. The van der Waals surface area contributed by atoms with Crippen LogP contribution < -0.4 is 5.73 Å². The second kappa shape index (κ2) is 13.2. The molecule has 0 saturated heterocycles. The first-order valence-electron chi connectivity index (χ1n) is 10.4. The van der Waals surface area contributed by atoms with Crippen LogP contribution in [0.25, 0.3) is 11.1 Å². The Morgan fingerprint density at radius 1 is 0.941 bits per heavy atom. The van der Waals surface area contributed by atoms with E-state index in [4.69, 9.17) is 26.5 Å². The molecule has 0 aliphatic carbocycles. The number of rotatable bonds is 4. The fourth-order valence-electron chi connectivity index (χ4n) is 2.55. The van der Waals surface area contributed by atoms with Crippen molar-refractivity contribution in [3.63, 3.8) is 0 Å². The van der Waals surface area contributed by atoms with Gasteiger partial charge in [-0.3, -0.25) is 4.79 Å².